The van der Waals surface area contributed by atoms with Crippen LogP contribution in [0.15, 0.2) is 23.8 Å². The summed E-state index contributed by atoms with van der Waals surface area (Å²) in [5.41, 5.74) is 3.07. The lowest BCUT2D eigenvalue weighted by Crippen LogP contribution is -2.54. The maximum absolute atomic E-state index is 11.1. The van der Waals surface area contributed by atoms with Crippen molar-refractivity contribution in [2.24, 2.45) is 46.3 Å². The summed E-state index contributed by atoms with van der Waals surface area (Å²) < 4.78 is 0. The first-order chi connectivity index (χ1) is 14.6. The van der Waals surface area contributed by atoms with Crippen LogP contribution < -0.4 is 0 Å². The Labute approximate surface area is 191 Å². The molecule has 0 aliphatic heterocycles. The Morgan fingerprint density at radius 2 is 1.84 bits per heavy atom. The van der Waals surface area contributed by atoms with Crippen molar-refractivity contribution < 1.29 is 10.2 Å². The van der Waals surface area contributed by atoms with Crippen LogP contribution in [0.3, 0.4) is 0 Å². The fraction of sp³-hybridized carbons (Fsp3) is 0.862. The molecule has 10 atom stereocenters. The molecule has 0 spiro atoms. The van der Waals surface area contributed by atoms with E-state index in [-0.39, 0.29) is 17.6 Å². The van der Waals surface area contributed by atoms with Gasteiger partial charge >= 0.3 is 0 Å². The van der Waals surface area contributed by atoms with E-state index < -0.39 is 0 Å². The number of allylic oxidation sites excluding steroid dienone is 1. The molecule has 4 aliphatic rings. The molecule has 3 saturated carbocycles. The van der Waals surface area contributed by atoms with Gasteiger partial charge in [0.2, 0.25) is 0 Å². The van der Waals surface area contributed by atoms with E-state index >= 15 is 0 Å². The van der Waals surface area contributed by atoms with Gasteiger partial charge in [-0.1, -0.05) is 45.9 Å². The van der Waals surface area contributed by atoms with E-state index in [0.29, 0.717) is 23.2 Å². The molecule has 0 aromatic carbocycles. The summed E-state index contributed by atoms with van der Waals surface area (Å²) in [4.78, 5) is 0. The third-order valence-electron chi connectivity index (χ3n) is 11.0. The third kappa shape index (κ3) is 3.88. The second kappa shape index (κ2) is 8.64. The number of fused-ring (bicyclic) bond motifs is 5. The average Bonchev–Trinajstić information content (AvgIpc) is 3.07. The summed E-state index contributed by atoms with van der Waals surface area (Å²) in [5.74, 6) is 4.41. The van der Waals surface area contributed by atoms with Crippen molar-refractivity contribution in [3.05, 3.63) is 23.8 Å². The highest BCUT2D eigenvalue weighted by molar-refractivity contribution is 5.29. The Balaban J connectivity index is 1.51. The van der Waals surface area contributed by atoms with Crippen molar-refractivity contribution in [1.82, 2.24) is 0 Å². The fourth-order valence-corrected chi connectivity index (χ4v) is 9.20. The smallest absolute Gasteiger partial charge is 0.0759 e. The first-order valence-electron chi connectivity index (χ1n) is 13.4. The van der Waals surface area contributed by atoms with Gasteiger partial charge in [-0.3, -0.25) is 0 Å². The molecule has 31 heavy (non-hydrogen) atoms. The van der Waals surface area contributed by atoms with Crippen molar-refractivity contribution in [2.45, 2.75) is 111 Å². The standard InChI is InChI=1S/C29H48O2/c1-7-20(18(2)3)9-8-19(4)23-10-11-24-22-17-27(31)26-16-21(30)12-14-29(26,6)25(22)13-15-28(23,24)5/h16,19-25,27,30-31H,2,7-15,17H2,1,3-6H3/t19-,20+,21+,22+,23-,24+,25+,27-,28-,29-/m0/s1. The molecule has 0 saturated heterocycles. The minimum absolute atomic E-state index is 0.0996. The third-order valence-corrected chi connectivity index (χ3v) is 11.0. The molecular formula is C29H48O2. The molecule has 176 valence electrons. The van der Waals surface area contributed by atoms with E-state index in [9.17, 15) is 10.2 Å². The molecule has 0 unspecified atom stereocenters. The van der Waals surface area contributed by atoms with Gasteiger partial charge in [0.1, 0.15) is 0 Å². The van der Waals surface area contributed by atoms with E-state index in [1.54, 1.807) is 0 Å². The first kappa shape index (κ1) is 23.6. The van der Waals surface area contributed by atoms with Crippen LogP contribution in [-0.2, 0) is 0 Å². The number of hydrogen-bond donors (Lipinski definition) is 2. The van der Waals surface area contributed by atoms with Gasteiger partial charge in [0.05, 0.1) is 12.2 Å². The Morgan fingerprint density at radius 3 is 2.52 bits per heavy atom. The highest BCUT2D eigenvalue weighted by Crippen LogP contribution is 2.67. The topological polar surface area (TPSA) is 40.5 Å². The number of aliphatic hydroxyl groups is 2. The second-order valence-electron chi connectivity index (χ2n) is 12.5. The van der Waals surface area contributed by atoms with Gasteiger partial charge in [-0.05, 0) is 123 Å². The molecule has 2 N–H and O–H groups in total. The lowest BCUT2D eigenvalue weighted by Gasteiger charge is -2.60. The van der Waals surface area contributed by atoms with E-state index in [1.165, 1.54) is 56.1 Å². The van der Waals surface area contributed by atoms with Crippen molar-refractivity contribution in [2.75, 3.05) is 0 Å². The van der Waals surface area contributed by atoms with Gasteiger partial charge in [0.15, 0.2) is 0 Å². The number of rotatable bonds is 6. The molecule has 2 nitrogen and oxygen atoms in total. The predicted octanol–water partition coefficient (Wildman–Crippen LogP) is 6.92. The minimum Gasteiger partial charge on any atom is -0.389 e. The van der Waals surface area contributed by atoms with Crippen LogP contribution in [-0.4, -0.2) is 22.4 Å². The van der Waals surface area contributed by atoms with Crippen LogP contribution in [0.5, 0.6) is 0 Å². The summed E-state index contributed by atoms with van der Waals surface area (Å²) >= 11 is 0. The van der Waals surface area contributed by atoms with Crippen LogP contribution in [0.25, 0.3) is 0 Å². The van der Waals surface area contributed by atoms with Gasteiger partial charge in [-0.2, -0.15) is 0 Å². The van der Waals surface area contributed by atoms with Gasteiger partial charge in [0.25, 0.3) is 0 Å². The zero-order valence-electron chi connectivity index (χ0n) is 20.9. The average molecular weight is 429 g/mol. The van der Waals surface area contributed by atoms with Gasteiger partial charge in [0, 0.05) is 0 Å². The Hall–Kier alpha value is -0.600. The minimum atomic E-state index is -0.356. The lowest BCUT2D eigenvalue weighted by atomic mass is 9.46. The molecule has 2 heteroatoms. The van der Waals surface area contributed by atoms with Crippen molar-refractivity contribution in [1.29, 1.82) is 0 Å². The monoisotopic (exact) mass is 428 g/mol. The predicted molar refractivity (Wildman–Crippen MR) is 130 cm³/mol. The summed E-state index contributed by atoms with van der Waals surface area (Å²) in [6.45, 7) is 16.3. The number of hydrogen-bond acceptors (Lipinski definition) is 2. The van der Waals surface area contributed by atoms with Crippen molar-refractivity contribution >= 4 is 0 Å². The largest absolute Gasteiger partial charge is 0.389 e. The van der Waals surface area contributed by atoms with Crippen LogP contribution in [0.4, 0.5) is 0 Å². The molecule has 4 aliphatic carbocycles. The van der Waals surface area contributed by atoms with E-state index in [0.717, 1.165) is 37.0 Å². The summed E-state index contributed by atoms with van der Waals surface area (Å²) in [5, 5.41) is 21.4. The zero-order valence-corrected chi connectivity index (χ0v) is 20.9. The SMILES string of the molecule is C=C(C)[C@H](CC)CC[C@H](C)[C@@H]1CC[C@@H]2[C@H]3C[C@H](O)C4=C[C@H](O)CC[C@@]4(C)[C@@H]3CC[C@]21C. The highest BCUT2D eigenvalue weighted by atomic mass is 16.3. The Kier molecular flexibility index (Phi) is 6.56. The van der Waals surface area contributed by atoms with E-state index in [1.807, 2.05) is 6.08 Å². The molecule has 0 bridgehead atoms. The van der Waals surface area contributed by atoms with Crippen molar-refractivity contribution in [3.8, 4) is 0 Å². The van der Waals surface area contributed by atoms with Crippen LogP contribution in [0, 0.1) is 46.3 Å². The molecule has 0 aromatic heterocycles. The zero-order chi connectivity index (χ0) is 22.6. The van der Waals surface area contributed by atoms with Gasteiger partial charge in [-0.15, -0.1) is 0 Å². The molecule has 4 rings (SSSR count). The highest BCUT2D eigenvalue weighted by Gasteiger charge is 2.60. The number of aliphatic hydroxyl groups excluding tert-OH is 2. The van der Waals surface area contributed by atoms with Gasteiger partial charge in [-0.25, -0.2) is 0 Å². The second-order valence-corrected chi connectivity index (χ2v) is 12.5. The molecule has 0 aromatic rings. The van der Waals surface area contributed by atoms with Gasteiger partial charge < -0.3 is 10.2 Å². The molecule has 0 amide bonds. The Bertz CT molecular complexity index is 710. The normalized spacial score (nSPS) is 46.4. The van der Waals surface area contributed by atoms with E-state index in [2.05, 4.69) is 41.2 Å². The van der Waals surface area contributed by atoms with Crippen molar-refractivity contribution in [3.63, 3.8) is 0 Å². The summed E-state index contributed by atoms with van der Waals surface area (Å²) in [6.07, 6.45) is 13.4. The molecule has 3 fully saturated rings. The van der Waals surface area contributed by atoms with Crippen LogP contribution >= 0.6 is 0 Å². The summed E-state index contributed by atoms with van der Waals surface area (Å²) in [7, 11) is 0. The summed E-state index contributed by atoms with van der Waals surface area (Å²) in [6, 6.07) is 0. The maximum atomic E-state index is 11.1. The Morgan fingerprint density at radius 1 is 1.10 bits per heavy atom. The lowest BCUT2D eigenvalue weighted by molar-refractivity contribution is -0.0874. The fourth-order valence-electron chi connectivity index (χ4n) is 9.20. The molecular weight excluding hydrogens is 380 g/mol. The van der Waals surface area contributed by atoms with E-state index in [4.69, 9.17) is 0 Å². The van der Waals surface area contributed by atoms with Crippen LogP contribution in [0.1, 0.15) is 98.8 Å². The molecule has 0 radical (unpaired) electrons. The first-order valence-corrected chi connectivity index (χ1v) is 13.4. The quantitative estimate of drug-likeness (QED) is 0.451. The molecule has 0 heterocycles. The van der Waals surface area contributed by atoms with Crippen LogP contribution in [0.2, 0.25) is 0 Å². The maximum Gasteiger partial charge on any atom is 0.0759 e.